The molecule has 4 heteroatoms. The zero-order valence-corrected chi connectivity index (χ0v) is 7.39. The van der Waals surface area contributed by atoms with Crippen LogP contribution >= 0.6 is 0 Å². The van der Waals surface area contributed by atoms with E-state index < -0.39 is 0 Å². The van der Waals surface area contributed by atoms with E-state index in [1.807, 2.05) is 12.3 Å². The highest BCUT2D eigenvalue weighted by atomic mass is 35.5. The number of rotatable bonds is 2. The summed E-state index contributed by atoms with van der Waals surface area (Å²) in [5.41, 5.74) is 0. The lowest BCUT2D eigenvalue weighted by Crippen LogP contribution is -3.00. The van der Waals surface area contributed by atoms with E-state index in [0.717, 1.165) is 5.82 Å². The van der Waals surface area contributed by atoms with Crippen molar-refractivity contribution in [3.63, 3.8) is 0 Å². The van der Waals surface area contributed by atoms with E-state index in [9.17, 15) is 0 Å². The van der Waals surface area contributed by atoms with Crippen LogP contribution < -0.4 is 22.7 Å². The van der Waals surface area contributed by atoms with Gasteiger partial charge >= 0.3 is 0 Å². The van der Waals surface area contributed by atoms with Crippen LogP contribution in [0.4, 0.5) is 5.82 Å². The Labute approximate surface area is 72.7 Å². The molecule has 0 aliphatic carbocycles. The SMILES string of the molecule is CC(C)Nc1cc[nH+]cn1.[Cl-]. The van der Waals surface area contributed by atoms with Gasteiger partial charge in [0.1, 0.15) is 0 Å². The summed E-state index contributed by atoms with van der Waals surface area (Å²) in [4.78, 5) is 6.91. The molecule has 3 nitrogen and oxygen atoms in total. The molecule has 0 amide bonds. The maximum absolute atomic E-state index is 4.05. The first-order valence-corrected chi connectivity index (χ1v) is 3.37. The molecule has 0 atom stereocenters. The largest absolute Gasteiger partial charge is 1.00 e. The van der Waals surface area contributed by atoms with E-state index >= 15 is 0 Å². The van der Waals surface area contributed by atoms with Crippen molar-refractivity contribution >= 4 is 5.82 Å². The summed E-state index contributed by atoms with van der Waals surface area (Å²) in [5, 5.41) is 3.17. The Morgan fingerprint density at radius 2 is 2.27 bits per heavy atom. The number of nitrogens with zero attached hydrogens (tertiary/aromatic N) is 1. The Bertz CT molecular complexity index is 188. The Morgan fingerprint density at radius 1 is 1.55 bits per heavy atom. The lowest BCUT2D eigenvalue weighted by atomic mass is 10.4. The van der Waals surface area contributed by atoms with Gasteiger partial charge in [0, 0.05) is 12.1 Å². The minimum absolute atomic E-state index is 0. The van der Waals surface area contributed by atoms with Gasteiger partial charge in [0.05, 0.1) is 6.20 Å². The highest BCUT2D eigenvalue weighted by Gasteiger charge is 1.98. The van der Waals surface area contributed by atoms with E-state index in [2.05, 4.69) is 29.1 Å². The second kappa shape index (κ2) is 4.91. The smallest absolute Gasteiger partial charge is 0.286 e. The van der Waals surface area contributed by atoms with Crippen molar-refractivity contribution in [2.45, 2.75) is 19.9 Å². The predicted molar refractivity (Wildman–Crippen MR) is 39.6 cm³/mol. The summed E-state index contributed by atoms with van der Waals surface area (Å²) in [7, 11) is 0. The Morgan fingerprint density at radius 3 is 2.73 bits per heavy atom. The van der Waals surface area contributed by atoms with E-state index in [1.54, 1.807) is 6.33 Å². The summed E-state index contributed by atoms with van der Waals surface area (Å²) in [5.74, 6) is 0.911. The van der Waals surface area contributed by atoms with Gasteiger partial charge in [0.25, 0.3) is 6.33 Å². The molecule has 0 fully saturated rings. The topological polar surface area (TPSA) is 39.1 Å². The maximum atomic E-state index is 4.05. The van der Waals surface area contributed by atoms with Crippen molar-refractivity contribution in [3.8, 4) is 0 Å². The molecule has 0 aliphatic rings. The van der Waals surface area contributed by atoms with Crippen LogP contribution in [0.5, 0.6) is 0 Å². The van der Waals surface area contributed by atoms with Crippen LogP contribution in [0.25, 0.3) is 0 Å². The highest BCUT2D eigenvalue weighted by Crippen LogP contribution is 1.98. The molecule has 1 aromatic rings. The van der Waals surface area contributed by atoms with Crippen LogP contribution in [0.3, 0.4) is 0 Å². The van der Waals surface area contributed by atoms with E-state index in [0.29, 0.717) is 6.04 Å². The molecule has 0 saturated heterocycles. The van der Waals surface area contributed by atoms with E-state index in [1.165, 1.54) is 0 Å². The van der Waals surface area contributed by atoms with Gasteiger partial charge in [-0.05, 0) is 18.8 Å². The van der Waals surface area contributed by atoms with Crippen molar-refractivity contribution < 1.29 is 17.4 Å². The first-order valence-electron chi connectivity index (χ1n) is 3.37. The van der Waals surface area contributed by atoms with Gasteiger partial charge in [-0.3, -0.25) is 4.98 Å². The first-order chi connectivity index (χ1) is 4.79. The highest BCUT2D eigenvalue weighted by molar-refractivity contribution is 5.31. The van der Waals surface area contributed by atoms with Crippen LogP contribution in [-0.2, 0) is 0 Å². The van der Waals surface area contributed by atoms with Gasteiger partial charge in [0.2, 0.25) is 5.82 Å². The third kappa shape index (κ3) is 3.78. The average molecular weight is 174 g/mol. The first kappa shape index (κ1) is 10.2. The van der Waals surface area contributed by atoms with Crippen LogP contribution in [-0.4, -0.2) is 11.0 Å². The molecule has 11 heavy (non-hydrogen) atoms. The van der Waals surface area contributed by atoms with Crippen molar-refractivity contribution in [2.24, 2.45) is 0 Å². The second-order valence-corrected chi connectivity index (χ2v) is 2.44. The van der Waals surface area contributed by atoms with E-state index in [-0.39, 0.29) is 12.4 Å². The lowest BCUT2D eigenvalue weighted by Gasteiger charge is -2.02. The molecule has 0 bridgehead atoms. The van der Waals surface area contributed by atoms with Crippen LogP contribution in [0.1, 0.15) is 13.8 Å². The number of anilines is 1. The molecular formula is C7H12ClN3. The molecule has 0 spiro atoms. The Hall–Kier alpha value is -0.830. The van der Waals surface area contributed by atoms with E-state index in [4.69, 9.17) is 0 Å². The molecule has 2 N–H and O–H groups in total. The normalized spacial score (nSPS) is 9.00. The fourth-order valence-corrected chi connectivity index (χ4v) is 0.701. The molecule has 0 saturated carbocycles. The van der Waals surface area contributed by atoms with Gasteiger partial charge in [-0.15, -0.1) is 0 Å². The minimum Gasteiger partial charge on any atom is -1.00 e. The third-order valence-electron chi connectivity index (χ3n) is 1.05. The van der Waals surface area contributed by atoms with Crippen molar-refractivity contribution in [1.29, 1.82) is 0 Å². The summed E-state index contributed by atoms with van der Waals surface area (Å²) < 4.78 is 0. The molecule has 0 radical (unpaired) electrons. The van der Waals surface area contributed by atoms with Gasteiger partial charge in [-0.25, -0.2) is 0 Å². The van der Waals surface area contributed by atoms with Gasteiger partial charge in [-0.1, -0.05) is 0 Å². The maximum Gasteiger partial charge on any atom is 0.286 e. The average Bonchev–Trinajstić information content (AvgIpc) is 1.88. The quantitative estimate of drug-likeness (QED) is 0.548. The molecule has 1 aromatic heterocycles. The van der Waals surface area contributed by atoms with Gasteiger partial charge in [-0.2, -0.15) is 0 Å². The van der Waals surface area contributed by atoms with Crippen molar-refractivity contribution in [1.82, 2.24) is 4.98 Å². The molecule has 0 unspecified atom stereocenters. The van der Waals surface area contributed by atoms with Crippen molar-refractivity contribution in [2.75, 3.05) is 5.32 Å². The number of hydrogen-bond donors (Lipinski definition) is 1. The van der Waals surface area contributed by atoms with Gasteiger partial charge < -0.3 is 17.7 Å². The fraction of sp³-hybridized carbons (Fsp3) is 0.429. The molecule has 62 valence electrons. The van der Waals surface area contributed by atoms with Crippen LogP contribution in [0, 0.1) is 0 Å². The molecular weight excluding hydrogens is 162 g/mol. The summed E-state index contributed by atoms with van der Waals surface area (Å²) >= 11 is 0. The predicted octanol–water partition coefficient (Wildman–Crippen LogP) is -2.28. The number of H-pyrrole nitrogens is 1. The second-order valence-electron chi connectivity index (χ2n) is 2.44. The van der Waals surface area contributed by atoms with Crippen LogP contribution in [0.15, 0.2) is 18.6 Å². The van der Waals surface area contributed by atoms with Crippen molar-refractivity contribution in [3.05, 3.63) is 18.6 Å². The zero-order valence-electron chi connectivity index (χ0n) is 6.63. The monoisotopic (exact) mass is 173 g/mol. The zero-order chi connectivity index (χ0) is 7.40. The van der Waals surface area contributed by atoms with Crippen LogP contribution in [0.2, 0.25) is 0 Å². The summed E-state index contributed by atoms with van der Waals surface area (Å²) in [6.45, 7) is 4.16. The Kier molecular flexibility index (Phi) is 4.54. The third-order valence-corrected chi connectivity index (χ3v) is 1.05. The number of aromatic nitrogens is 2. The lowest BCUT2D eigenvalue weighted by molar-refractivity contribution is -0.382. The van der Waals surface area contributed by atoms with Gasteiger partial charge in [0.15, 0.2) is 0 Å². The molecule has 1 rings (SSSR count). The summed E-state index contributed by atoms with van der Waals surface area (Å²) in [6.07, 6.45) is 3.50. The fourth-order valence-electron chi connectivity index (χ4n) is 0.701. The summed E-state index contributed by atoms with van der Waals surface area (Å²) in [6, 6.07) is 2.34. The molecule has 0 aromatic carbocycles. The number of nitrogens with one attached hydrogen (secondary N) is 2. The standard InChI is InChI=1S/C7H11N3.ClH/c1-6(2)10-7-3-4-8-5-9-7;/h3-6H,1-2H3,(H,8,9,10);1H. The number of hydrogen-bond acceptors (Lipinski definition) is 2. The minimum atomic E-state index is 0. The molecule has 0 aliphatic heterocycles. The Balaban J connectivity index is 0.000001000. The number of aromatic amines is 1. The number of halogens is 1. The molecule has 1 heterocycles.